The summed E-state index contributed by atoms with van der Waals surface area (Å²) in [6.07, 6.45) is 7.20. The second-order valence-electron chi connectivity index (χ2n) is 2.65. The minimum absolute atomic E-state index is 0.0135. The zero-order chi connectivity index (χ0) is 9.68. The van der Waals surface area contributed by atoms with Crippen molar-refractivity contribution in [3.63, 3.8) is 0 Å². The zero-order valence-electron chi connectivity index (χ0n) is 7.28. The molecule has 1 rings (SSSR count). The summed E-state index contributed by atoms with van der Waals surface area (Å²) in [4.78, 5) is 15.8. The van der Waals surface area contributed by atoms with E-state index in [0.717, 1.165) is 0 Å². The summed E-state index contributed by atoms with van der Waals surface area (Å²) < 4.78 is 0. The number of nitrogens with zero attached hydrogens (tertiary/aromatic N) is 1. The Labute approximate surface area is 81.2 Å². The average Bonchev–Trinajstić information content (AvgIpc) is 2.55. The second kappa shape index (κ2) is 4.63. The van der Waals surface area contributed by atoms with Crippen LogP contribution in [0.2, 0.25) is 0 Å². The molecule has 3 nitrogen and oxygen atoms in total. The first-order chi connectivity index (χ1) is 6.24. The largest absolute Gasteiger partial charge is 0.348 e. The molecule has 0 saturated heterocycles. The van der Waals surface area contributed by atoms with Gasteiger partial charge in [-0.1, -0.05) is 0 Å². The van der Waals surface area contributed by atoms with E-state index in [-0.39, 0.29) is 11.9 Å². The zero-order valence-corrected chi connectivity index (χ0v) is 8.10. The highest BCUT2D eigenvalue weighted by Gasteiger charge is 2.09. The van der Waals surface area contributed by atoms with Gasteiger partial charge in [0.05, 0.1) is 11.7 Å². The first-order valence-corrected chi connectivity index (χ1v) is 4.75. The molecule has 1 aromatic heterocycles. The molecule has 0 saturated carbocycles. The molecule has 0 radical (unpaired) electrons. The molecule has 0 spiro atoms. The Bertz CT molecular complexity index is 313. The Hall–Kier alpha value is -1.34. The molecule has 0 aliphatic carbocycles. The lowest BCUT2D eigenvalue weighted by Gasteiger charge is -2.08. The minimum atomic E-state index is -0.106. The third kappa shape index (κ3) is 2.88. The van der Waals surface area contributed by atoms with Crippen molar-refractivity contribution in [3.05, 3.63) is 16.6 Å². The molecule has 13 heavy (non-hydrogen) atoms. The quantitative estimate of drug-likeness (QED) is 0.737. The molecule has 0 aromatic carbocycles. The van der Waals surface area contributed by atoms with Crippen LogP contribution < -0.4 is 5.32 Å². The lowest BCUT2D eigenvalue weighted by molar-refractivity contribution is 0.0945. The molecule has 1 unspecified atom stereocenters. The van der Waals surface area contributed by atoms with Gasteiger partial charge in [-0.3, -0.25) is 9.78 Å². The van der Waals surface area contributed by atoms with Crippen LogP contribution in [-0.4, -0.2) is 16.9 Å². The van der Waals surface area contributed by atoms with Crippen molar-refractivity contribution in [2.75, 3.05) is 0 Å². The summed E-state index contributed by atoms with van der Waals surface area (Å²) in [6.45, 7) is 1.87. The predicted octanol–water partition coefficient (Wildman–Crippen LogP) is 1.28. The molecule has 0 bridgehead atoms. The molecule has 1 atom stereocenters. The van der Waals surface area contributed by atoms with Gasteiger partial charge in [0.25, 0.3) is 5.91 Å². The third-order valence-corrected chi connectivity index (χ3v) is 2.23. The van der Waals surface area contributed by atoms with Gasteiger partial charge in [0.2, 0.25) is 0 Å². The van der Waals surface area contributed by atoms with Crippen molar-refractivity contribution in [1.29, 1.82) is 0 Å². The fraction of sp³-hybridized carbons (Fsp3) is 0.333. The van der Waals surface area contributed by atoms with Crippen LogP contribution in [0.25, 0.3) is 0 Å². The van der Waals surface area contributed by atoms with E-state index < -0.39 is 0 Å². The number of rotatable bonds is 3. The lowest BCUT2D eigenvalue weighted by Crippen LogP contribution is -2.31. The molecule has 0 fully saturated rings. The number of thiazole rings is 1. The number of nitrogens with one attached hydrogen (secondary N) is 1. The third-order valence-electron chi connectivity index (χ3n) is 1.46. The summed E-state index contributed by atoms with van der Waals surface area (Å²) >= 11 is 1.32. The van der Waals surface area contributed by atoms with Crippen LogP contribution in [0.4, 0.5) is 0 Å². The highest BCUT2D eigenvalue weighted by Crippen LogP contribution is 2.05. The molecule has 1 N–H and O–H groups in total. The van der Waals surface area contributed by atoms with Crippen LogP contribution in [0.5, 0.6) is 0 Å². The second-order valence-corrected chi connectivity index (χ2v) is 3.53. The summed E-state index contributed by atoms with van der Waals surface area (Å²) in [7, 11) is 0. The van der Waals surface area contributed by atoms with Crippen molar-refractivity contribution in [2.45, 2.75) is 19.4 Å². The molecule has 0 aliphatic heterocycles. The normalized spacial score (nSPS) is 11.7. The number of amides is 1. The van der Waals surface area contributed by atoms with E-state index in [1.165, 1.54) is 11.3 Å². The Kier molecular flexibility index (Phi) is 3.47. The van der Waals surface area contributed by atoms with Crippen molar-refractivity contribution in [1.82, 2.24) is 10.3 Å². The van der Waals surface area contributed by atoms with Gasteiger partial charge in [0, 0.05) is 12.5 Å². The fourth-order valence-electron chi connectivity index (χ4n) is 0.851. The Morgan fingerprint density at radius 2 is 2.69 bits per heavy atom. The maximum absolute atomic E-state index is 11.4. The number of hydrogen-bond donors (Lipinski definition) is 1. The first kappa shape index (κ1) is 9.75. The Morgan fingerprint density at radius 3 is 3.23 bits per heavy atom. The number of aromatic nitrogens is 1. The van der Waals surface area contributed by atoms with Crippen LogP contribution in [0.3, 0.4) is 0 Å². The van der Waals surface area contributed by atoms with E-state index in [1.54, 1.807) is 11.7 Å². The summed E-state index contributed by atoms with van der Waals surface area (Å²) in [6, 6.07) is 0.0135. The van der Waals surface area contributed by atoms with Gasteiger partial charge >= 0.3 is 0 Å². The molecule has 68 valence electrons. The van der Waals surface area contributed by atoms with Gasteiger partial charge in [-0.25, -0.2) is 0 Å². The lowest BCUT2D eigenvalue weighted by atomic mass is 10.2. The van der Waals surface area contributed by atoms with Gasteiger partial charge in [0.1, 0.15) is 4.88 Å². The average molecular weight is 194 g/mol. The molecule has 1 aromatic rings. The number of terminal acetylenes is 1. The summed E-state index contributed by atoms with van der Waals surface area (Å²) in [5.74, 6) is 2.38. The van der Waals surface area contributed by atoms with Crippen molar-refractivity contribution >= 4 is 17.2 Å². The Balaban J connectivity index is 2.48. The standard InChI is InChI=1S/C9H10N2OS/c1-3-4-7(2)11-9(12)8-5-10-6-13-8/h1,5-7H,4H2,2H3,(H,11,12). The van der Waals surface area contributed by atoms with E-state index in [1.807, 2.05) is 6.92 Å². The molecule has 4 heteroatoms. The molecular formula is C9H10N2OS. The molecule has 1 heterocycles. The van der Waals surface area contributed by atoms with Crippen LogP contribution in [0, 0.1) is 12.3 Å². The van der Waals surface area contributed by atoms with Crippen LogP contribution in [0.15, 0.2) is 11.7 Å². The summed E-state index contributed by atoms with van der Waals surface area (Å²) in [5, 5.41) is 2.77. The number of carbonyl (C=O) groups excluding carboxylic acids is 1. The van der Waals surface area contributed by atoms with Gasteiger partial charge in [-0.2, -0.15) is 0 Å². The van der Waals surface area contributed by atoms with Crippen molar-refractivity contribution in [3.8, 4) is 12.3 Å². The highest BCUT2D eigenvalue weighted by molar-refractivity contribution is 7.11. The van der Waals surface area contributed by atoms with Crippen LogP contribution in [-0.2, 0) is 0 Å². The van der Waals surface area contributed by atoms with Gasteiger partial charge in [0.15, 0.2) is 0 Å². The monoisotopic (exact) mass is 194 g/mol. The van der Waals surface area contributed by atoms with Gasteiger partial charge in [-0.15, -0.1) is 23.7 Å². The van der Waals surface area contributed by atoms with Gasteiger partial charge < -0.3 is 5.32 Å². The molecule has 1 amide bonds. The maximum Gasteiger partial charge on any atom is 0.263 e. The topological polar surface area (TPSA) is 42.0 Å². The minimum Gasteiger partial charge on any atom is -0.348 e. The maximum atomic E-state index is 11.4. The van der Waals surface area contributed by atoms with E-state index in [0.29, 0.717) is 11.3 Å². The SMILES string of the molecule is C#CCC(C)NC(=O)c1cncs1. The van der Waals surface area contributed by atoms with E-state index in [2.05, 4.69) is 16.2 Å². The Morgan fingerprint density at radius 1 is 1.92 bits per heavy atom. The van der Waals surface area contributed by atoms with Crippen molar-refractivity contribution in [2.24, 2.45) is 0 Å². The van der Waals surface area contributed by atoms with Crippen LogP contribution >= 0.6 is 11.3 Å². The smallest absolute Gasteiger partial charge is 0.263 e. The number of hydrogen-bond acceptors (Lipinski definition) is 3. The van der Waals surface area contributed by atoms with E-state index >= 15 is 0 Å². The van der Waals surface area contributed by atoms with Crippen LogP contribution in [0.1, 0.15) is 23.0 Å². The van der Waals surface area contributed by atoms with E-state index in [4.69, 9.17) is 6.42 Å². The predicted molar refractivity (Wildman–Crippen MR) is 52.5 cm³/mol. The fourth-order valence-corrected chi connectivity index (χ4v) is 1.37. The summed E-state index contributed by atoms with van der Waals surface area (Å²) in [5.41, 5.74) is 1.63. The number of carbonyl (C=O) groups is 1. The van der Waals surface area contributed by atoms with E-state index in [9.17, 15) is 4.79 Å². The van der Waals surface area contributed by atoms with Gasteiger partial charge in [-0.05, 0) is 6.92 Å². The van der Waals surface area contributed by atoms with Crippen molar-refractivity contribution < 1.29 is 4.79 Å². The first-order valence-electron chi connectivity index (χ1n) is 3.87. The molecule has 0 aliphatic rings. The molecular weight excluding hydrogens is 184 g/mol. The highest BCUT2D eigenvalue weighted by atomic mass is 32.1.